The quantitative estimate of drug-likeness (QED) is 0.340. The first-order valence-electron chi connectivity index (χ1n) is 11.6. The SMILES string of the molecule is COc1ccccc1CN(Cc1cc2cc(OC)c(OC)cc2[nH]c1=O)C(=O)Nc1ccccc1OC. The Morgan fingerprint density at radius 3 is 2.05 bits per heavy atom. The number of hydrogen-bond donors (Lipinski definition) is 2. The van der Waals surface area contributed by atoms with E-state index in [0.717, 1.165) is 10.9 Å². The predicted molar refractivity (Wildman–Crippen MR) is 142 cm³/mol. The van der Waals surface area contributed by atoms with E-state index in [-0.39, 0.29) is 18.6 Å². The molecule has 9 nitrogen and oxygen atoms in total. The average molecular weight is 504 g/mol. The number of para-hydroxylation sites is 3. The number of urea groups is 1. The van der Waals surface area contributed by atoms with Crippen LogP contribution in [0.5, 0.6) is 23.0 Å². The highest BCUT2D eigenvalue weighted by Crippen LogP contribution is 2.31. The van der Waals surface area contributed by atoms with Crippen LogP contribution in [0.1, 0.15) is 11.1 Å². The van der Waals surface area contributed by atoms with Gasteiger partial charge in [-0.2, -0.15) is 0 Å². The summed E-state index contributed by atoms with van der Waals surface area (Å²) < 4.78 is 21.6. The molecule has 0 bridgehead atoms. The van der Waals surface area contributed by atoms with Gasteiger partial charge in [-0.3, -0.25) is 4.79 Å². The molecule has 0 aliphatic carbocycles. The lowest BCUT2D eigenvalue weighted by Crippen LogP contribution is -2.36. The van der Waals surface area contributed by atoms with Gasteiger partial charge in [0.25, 0.3) is 5.56 Å². The van der Waals surface area contributed by atoms with Crippen molar-refractivity contribution in [2.45, 2.75) is 13.1 Å². The zero-order chi connectivity index (χ0) is 26.4. The van der Waals surface area contributed by atoms with Crippen LogP contribution in [0, 0.1) is 0 Å². The summed E-state index contributed by atoms with van der Waals surface area (Å²) in [6.07, 6.45) is 0. The molecular weight excluding hydrogens is 474 g/mol. The normalized spacial score (nSPS) is 10.6. The van der Waals surface area contributed by atoms with E-state index in [1.165, 1.54) is 14.2 Å². The van der Waals surface area contributed by atoms with Gasteiger partial charge in [0, 0.05) is 22.6 Å². The van der Waals surface area contributed by atoms with Crippen molar-refractivity contribution in [2.75, 3.05) is 33.8 Å². The van der Waals surface area contributed by atoms with Crippen LogP contribution in [0.4, 0.5) is 10.5 Å². The summed E-state index contributed by atoms with van der Waals surface area (Å²) in [6, 6.07) is 19.4. The first-order chi connectivity index (χ1) is 18.0. The summed E-state index contributed by atoms with van der Waals surface area (Å²) in [5.74, 6) is 2.21. The van der Waals surface area contributed by atoms with Gasteiger partial charge in [0.15, 0.2) is 11.5 Å². The van der Waals surface area contributed by atoms with Crippen LogP contribution in [0.25, 0.3) is 10.9 Å². The van der Waals surface area contributed by atoms with Crippen molar-refractivity contribution in [1.29, 1.82) is 0 Å². The van der Waals surface area contributed by atoms with Crippen LogP contribution in [-0.2, 0) is 13.1 Å². The number of carbonyl (C=O) groups is 1. The predicted octanol–water partition coefficient (Wildman–Crippen LogP) is 4.80. The number of nitrogens with one attached hydrogen (secondary N) is 2. The number of hydrogen-bond acceptors (Lipinski definition) is 6. The van der Waals surface area contributed by atoms with Crippen LogP contribution in [0.3, 0.4) is 0 Å². The zero-order valence-corrected chi connectivity index (χ0v) is 21.2. The van der Waals surface area contributed by atoms with Crippen LogP contribution >= 0.6 is 0 Å². The molecular formula is C28H29N3O6. The third-order valence-electron chi connectivity index (χ3n) is 5.98. The molecule has 0 radical (unpaired) electrons. The molecule has 37 heavy (non-hydrogen) atoms. The molecule has 2 amide bonds. The van der Waals surface area contributed by atoms with Gasteiger partial charge >= 0.3 is 6.03 Å². The second-order valence-electron chi connectivity index (χ2n) is 8.22. The van der Waals surface area contributed by atoms with Gasteiger partial charge in [-0.25, -0.2) is 4.79 Å². The van der Waals surface area contributed by atoms with Crippen LogP contribution in [0.15, 0.2) is 71.5 Å². The minimum absolute atomic E-state index is 0.0403. The maximum atomic E-state index is 13.5. The van der Waals surface area contributed by atoms with E-state index in [1.807, 2.05) is 30.3 Å². The minimum atomic E-state index is -0.401. The fourth-order valence-electron chi connectivity index (χ4n) is 4.08. The lowest BCUT2D eigenvalue weighted by atomic mass is 10.1. The van der Waals surface area contributed by atoms with Crippen molar-refractivity contribution in [3.05, 3.63) is 88.2 Å². The number of methoxy groups -OCH3 is 4. The van der Waals surface area contributed by atoms with Gasteiger partial charge in [-0.05, 0) is 30.3 Å². The molecule has 0 aliphatic rings. The monoisotopic (exact) mass is 503 g/mol. The second kappa shape index (κ2) is 11.4. The number of aromatic amines is 1. The molecule has 3 aromatic carbocycles. The maximum absolute atomic E-state index is 13.5. The number of fused-ring (bicyclic) bond motifs is 1. The minimum Gasteiger partial charge on any atom is -0.496 e. The average Bonchev–Trinajstić information content (AvgIpc) is 2.92. The zero-order valence-electron chi connectivity index (χ0n) is 21.2. The van der Waals surface area contributed by atoms with E-state index in [4.69, 9.17) is 18.9 Å². The fraction of sp³-hybridized carbons (Fsp3) is 0.214. The molecule has 1 heterocycles. The van der Waals surface area contributed by atoms with Crippen LogP contribution < -0.4 is 29.8 Å². The number of pyridine rings is 1. The topological polar surface area (TPSA) is 102 Å². The molecule has 0 unspecified atom stereocenters. The van der Waals surface area contributed by atoms with Crippen LogP contribution in [0.2, 0.25) is 0 Å². The molecule has 0 atom stereocenters. The molecule has 0 saturated heterocycles. The summed E-state index contributed by atoms with van der Waals surface area (Å²) in [4.78, 5) is 31.0. The molecule has 192 valence electrons. The van der Waals surface area contributed by atoms with Crippen molar-refractivity contribution in [1.82, 2.24) is 9.88 Å². The van der Waals surface area contributed by atoms with E-state index in [1.54, 1.807) is 55.5 Å². The molecule has 0 aliphatic heterocycles. The number of rotatable bonds is 9. The van der Waals surface area contributed by atoms with Gasteiger partial charge in [0.05, 0.1) is 52.7 Å². The van der Waals surface area contributed by atoms with Gasteiger partial charge in [-0.15, -0.1) is 0 Å². The Morgan fingerprint density at radius 1 is 0.757 bits per heavy atom. The maximum Gasteiger partial charge on any atom is 0.322 e. The van der Waals surface area contributed by atoms with Crippen molar-refractivity contribution in [2.24, 2.45) is 0 Å². The van der Waals surface area contributed by atoms with Gasteiger partial charge in [0.1, 0.15) is 11.5 Å². The third kappa shape index (κ3) is 5.61. The number of amides is 2. The standard InChI is InChI=1S/C28H29N3O6/c1-34-23-11-7-5-9-18(23)16-31(28(33)30-21-10-6-8-12-24(21)35-2)17-20-13-19-14-25(36-3)26(37-4)15-22(19)29-27(20)32/h5-15H,16-17H2,1-4H3,(H,29,32)(H,30,33). The van der Waals surface area contributed by atoms with Crippen molar-refractivity contribution >= 4 is 22.6 Å². The first kappa shape index (κ1) is 25.4. The van der Waals surface area contributed by atoms with Gasteiger partial charge in [0.2, 0.25) is 0 Å². The Bertz CT molecular complexity index is 1470. The van der Waals surface area contributed by atoms with Gasteiger partial charge in [-0.1, -0.05) is 30.3 Å². The number of anilines is 1. The molecule has 1 aromatic heterocycles. The third-order valence-corrected chi connectivity index (χ3v) is 5.98. The molecule has 4 aromatic rings. The van der Waals surface area contributed by atoms with Gasteiger partial charge < -0.3 is 34.1 Å². The first-order valence-corrected chi connectivity index (χ1v) is 11.6. The number of nitrogens with zero attached hydrogens (tertiary/aromatic N) is 1. The van der Waals surface area contributed by atoms with E-state index in [9.17, 15) is 9.59 Å². The Morgan fingerprint density at radius 2 is 1.35 bits per heavy atom. The Balaban J connectivity index is 1.72. The number of ether oxygens (including phenoxy) is 4. The number of carbonyl (C=O) groups excluding carboxylic acids is 1. The molecule has 2 N–H and O–H groups in total. The van der Waals surface area contributed by atoms with E-state index < -0.39 is 6.03 Å². The summed E-state index contributed by atoms with van der Waals surface area (Å²) in [6.45, 7) is 0.243. The van der Waals surface area contributed by atoms with Crippen molar-refractivity contribution in [3.8, 4) is 23.0 Å². The van der Waals surface area contributed by atoms with E-state index in [2.05, 4.69) is 10.3 Å². The number of benzene rings is 3. The molecule has 4 rings (SSSR count). The number of aromatic nitrogens is 1. The Hall–Kier alpha value is -4.66. The van der Waals surface area contributed by atoms with Crippen molar-refractivity contribution in [3.63, 3.8) is 0 Å². The smallest absolute Gasteiger partial charge is 0.322 e. The highest BCUT2D eigenvalue weighted by atomic mass is 16.5. The second-order valence-corrected chi connectivity index (χ2v) is 8.22. The highest BCUT2D eigenvalue weighted by molar-refractivity contribution is 5.91. The molecule has 9 heteroatoms. The Kier molecular flexibility index (Phi) is 7.83. The number of H-pyrrole nitrogens is 1. The molecule has 0 fully saturated rings. The van der Waals surface area contributed by atoms with E-state index in [0.29, 0.717) is 39.8 Å². The largest absolute Gasteiger partial charge is 0.496 e. The molecule has 0 spiro atoms. The summed E-state index contributed by atoms with van der Waals surface area (Å²) in [5.41, 5.74) is 2.01. The summed E-state index contributed by atoms with van der Waals surface area (Å²) in [5, 5.41) is 3.65. The fourth-order valence-corrected chi connectivity index (χ4v) is 4.08. The summed E-state index contributed by atoms with van der Waals surface area (Å²) in [7, 11) is 6.20. The molecule has 0 saturated carbocycles. The lowest BCUT2D eigenvalue weighted by molar-refractivity contribution is 0.205. The van der Waals surface area contributed by atoms with Crippen LogP contribution in [-0.4, -0.2) is 44.4 Å². The van der Waals surface area contributed by atoms with E-state index >= 15 is 0 Å². The lowest BCUT2D eigenvalue weighted by Gasteiger charge is -2.24. The Labute approximate surface area is 214 Å². The van der Waals surface area contributed by atoms with Crippen molar-refractivity contribution < 1.29 is 23.7 Å². The summed E-state index contributed by atoms with van der Waals surface area (Å²) >= 11 is 0. The highest BCUT2D eigenvalue weighted by Gasteiger charge is 2.20.